The average Bonchev–Trinajstić information content (AvgIpc) is 2.87. The molecule has 1 aliphatic rings. The number of aliphatic carboxylic acids is 4. The molecule has 0 radical (unpaired) electrons. The van der Waals surface area contributed by atoms with Crippen molar-refractivity contribution in [2.75, 3.05) is 84.4 Å². The van der Waals surface area contributed by atoms with E-state index in [1.165, 1.54) is 0 Å². The van der Waals surface area contributed by atoms with Crippen molar-refractivity contribution in [3.63, 3.8) is 0 Å². The van der Waals surface area contributed by atoms with Gasteiger partial charge in [-0.05, 0) is 24.1 Å². The van der Waals surface area contributed by atoms with Crippen LogP contribution in [0.4, 0.5) is 5.69 Å². The average molecular weight is 554 g/mol. The summed E-state index contributed by atoms with van der Waals surface area (Å²) in [7, 11) is 1.80. The van der Waals surface area contributed by atoms with E-state index >= 15 is 0 Å². The van der Waals surface area contributed by atoms with Gasteiger partial charge in [-0.15, -0.1) is 0 Å². The minimum Gasteiger partial charge on any atom is -0.480 e. The normalized spacial score (nSPS) is 18.6. The number of nitrogens with zero attached hydrogens (tertiary/aromatic N) is 4. The lowest BCUT2D eigenvalue weighted by atomic mass is 10.0. The maximum atomic E-state index is 11.8. The lowest BCUT2D eigenvalue weighted by Crippen LogP contribution is -2.53. The number of rotatable bonds is 11. The van der Waals surface area contributed by atoms with Crippen LogP contribution in [-0.2, 0) is 25.6 Å². The number of hydrogen-bond acceptors (Lipinski definition) is 9. The highest BCUT2D eigenvalue weighted by Crippen LogP contribution is 2.15. The van der Waals surface area contributed by atoms with Crippen LogP contribution in [0.3, 0.4) is 0 Å². The van der Waals surface area contributed by atoms with Crippen LogP contribution < -0.4 is 5.32 Å². The summed E-state index contributed by atoms with van der Waals surface area (Å²) in [4.78, 5) is 53.0. The van der Waals surface area contributed by atoms with Crippen molar-refractivity contribution in [1.82, 2.24) is 19.6 Å². The molecule has 1 heterocycles. The second-order valence-corrected chi connectivity index (χ2v) is 9.14. The first kappa shape index (κ1) is 33.8. The summed E-state index contributed by atoms with van der Waals surface area (Å²) in [5.74, 6) is -4.14. The van der Waals surface area contributed by atoms with Crippen molar-refractivity contribution >= 4 is 29.6 Å². The molecule has 1 aromatic carbocycles. The Morgan fingerprint density at radius 1 is 0.692 bits per heavy atom. The summed E-state index contributed by atoms with van der Waals surface area (Å²) in [5.41, 5.74) is 1.86. The van der Waals surface area contributed by atoms with Gasteiger partial charge in [-0.1, -0.05) is 26.0 Å². The Labute approximate surface area is 229 Å². The molecule has 0 saturated carbocycles. The fraction of sp³-hybridized carbons (Fsp3) is 0.615. The molecule has 1 fully saturated rings. The van der Waals surface area contributed by atoms with Gasteiger partial charge >= 0.3 is 23.9 Å². The second-order valence-electron chi connectivity index (χ2n) is 9.14. The van der Waals surface area contributed by atoms with E-state index in [9.17, 15) is 39.6 Å². The van der Waals surface area contributed by atoms with Crippen LogP contribution in [0.5, 0.6) is 0 Å². The lowest BCUT2D eigenvalue weighted by molar-refractivity contribution is -0.142. The number of nitrogens with one attached hydrogen (secondary N) is 1. The van der Waals surface area contributed by atoms with Gasteiger partial charge in [0, 0.05) is 64.6 Å². The Balaban J connectivity index is 0.00000371. The molecule has 1 atom stereocenters. The van der Waals surface area contributed by atoms with Crippen molar-refractivity contribution in [3.05, 3.63) is 29.8 Å². The number of carbonyl (C=O) groups is 4. The minimum absolute atomic E-state index is 0.243. The van der Waals surface area contributed by atoms with Crippen molar-refractivity contribution in [3.8, 4) is 0 Å². The van der Waals surface area contributed by atoms with Gasteiger partial charge in [0.1, 0.15) is 0 Å². The first-order valence-corrected chi connectivity index (χ1v) is 13.1. The molecular weight excluding hydrogens is 510 g/mol. The topological polar surface area (TPSA) is 174 Å². The minimum atomic E-state index is -1.04. The molecule has 1 saturated heterocycles. The standard InChI is InChI=1S/C24H37N5O8.C2H6/c1-25-19-4-2-18(3-5-19)12-20-13-28(16-23(34)35)9-8-26(14-21(30)31)6-7-27(15-22(32)33)10-11-29(20)17-24(36)37;1-2/h2-5,20,25H,6-17H2,1H3,(H,30,31)(H,32,33)(H,34,35)(H,36,37);1-2H3. The molecule has 13 heteroatoms. The Morgan fingerprint density at radius 2 is 1.10 bits per heavy atom. The lowest BCUT2D eigenvalue weighted by Gasteiger charge is -2.37. The quantitative estimate of drug-likeness (QED) is 0.252. The Bertz CT molecular complexity index is 914. The van der Waals surface area contributed by atoms with E-state index in [2.05, 4.69) is 5.32 Å². The number of benzene rings is 1. The van der Waals surface area contributed by atoms with Crippen LogP contribution in [0.1, 0.15) is 19.4 Å². The number of hydrogen-bond donors (Lipinski definition) is 5. The molecule has 0 aromatic heterocycles. The van der Waals surface area contributed by atoms with Crippen molar-refractivity contribution in [1.29, 1.82) is 0 Å². The van der Waals surface area contributed by atoms with E-state index in [-0.39, 0.29) is 78.0 Å². The number of anilines is 1. The molecular formula is C26H43N5O8. The fourth-order valence-electron chi connectivity index (χ4n) is 4.44. The third kappa shape index (κ3) is 13.9. The van der Waals surface area contributed by atoms with Gasteiger partial charge < -0.3 is 25.7 Å². The summed E-state index contributed by atoms with van der Waals surface area (Å²) in [5, 5.41) is 40.8. The highest BCUT2D eigenvalue weighted by Gasteiger charge is 2.27. The van der Waals surface area contributed by atoms with Crippen LogP contribution in [0.2, 0.25) is 0 Å². The van der Waals surface area contributed by atoms with E-state index < -0.39 is 23.9 Å². The number of carboxylic acids is 4. The first-order chi connectivity index (χ1) is 18.5. The van der Waals surface area contributed by atoms with E-state index in [0.29, 0.717) is 6.42 Å². The van der Waals surface area contributed by atoms with Gasteiger partial charge in [0.25, 0.3) is 0 Å². The third-order valence-corrected chi connectivity index (χ3v) is 6.28. The van der Waals surface area contributed by atoms with Crippen LogP contribution in [0.25, 0.3) is 0 Å². The largest absolute Gasteiger partial charge is 0.480 e. The summed E-state index contributed by atoms with van der Waals surface area (Å²) in [6.45, 7) is 4.75. The van der Waals surface area contributed by atoms with Crippen molar-refractivity contribution < 1.29 is 39.6 Å². The third-order valence-electron chi connectivity index (χ3n) is 6.28. The fourth-order valence-corrected chi connectivity index (χ4v) is 4.44. The van der Waals surface area contributed by atoms with Gasteiger partial charge in [-0.2, -0.15) is 0 Å². The highest BCUT2D eigenvalue weighted by molar-refractivity contribution is 5.70. The monoisotopic (exact) mass is 553 g/mol. The van der Waals surface area contributed by atoms with E-state index in [0.717, 1.165) is 11.3 Å². The van der Waals surface area contributed by atoms with Gasteiger partial charge in [-0.25, -0.2) is 0 Å². The van der Waals surface area contributed by atoms with Crippen molar-refractivity contribution in [2.45, 2.75) is 26.3 Å². The Hall–Kier alpha value is -3.26. The van der Waals surface area contributed by atoms with E-state index in [1.807, 2.05) is 38.1 Å². The molecule has 0 aliphatic carbocycles. The highest BCUT2D eigenvalue weighted by atomic mass is 16.4. The zero-order valence-electron chi connectivity index (χ0n) is 23.1. The molecule has 13 nitrogen and oxygen atoms in total. The second kappa shape index (κ2) is 18.1. The predicted octanol–water partition coefficient (Wildman–Crippen LogP) is 0.226. The Kier molecular flexibility index (Phi) is 15.7. The zero-order chi connectivity index (χ0) is 29.4. The molecule has 2 rings (SSSR count). The molecule has 0 spiro atoms. The first-order valence-electron chi connectivity index (χ1n) is 13.1. The zero-order valence-corrected chi connectivity index (χ0v) is 23.1. The van der Waals surface area contributed by atoms with E-state index in [1.54, 1.807) is 26.6 Å². The summed E-state index contributed by atoms with van der Waals surface area (Å²) in [6, 6.07) is 7.27. The molecule has 1 unspecified atom stereocenters. The molecule has 1 aliphatic heterocycles. The summed E-state index contributed by atoms with van der Waals surface area (Å²) < 4.78 is 0. The molecule has 1 aromatic rings. The van der Waals surface area contributed by atoms with Crippen LogP contribution in [0.15, 0.2) is 24.3 Å². The Morgan fingerprint density at radius 3 is 1.54 bits per heavy atom. The smallest absolute Gasteiger partial charge is 0.317 e. The molecule has 0 amide bonds. The van der Waals surface area contributed by atoms with Gasteiger partial charge in [0.15, 0.2) is 0 Å². The predicted molar refractivity (Wildman–Crippen MR) is 146 cm³/mol. The molecule has 220 valence electrons. The van der Waals surface area contributed by atoms with Gasteiger partial charge in [0.2, 0.25) is 0 Å². The number of carboxylic acid groups (broad SMARTS) is 4. The summed E-state index contributed by atoms with van der Waals surface area (Å²) >= 11 is 0. The van der Waals surface area contributed by atoms with Gasteiger partial charge in [-0.3, -0.25) is 38.8 Å². The van der Waals surface area contributed by atoms with Gasteiger partial charge in [0.05, 0.1) is 26.2 Å². The maximum absolute atomic E-state index is 11.8. The summed E-state index contributed by atoms with van der Waals surface area (Å²) in [6.07, 6.45) is 0.450. The maximum Gasteiger partial charge on any atom is 0.317 e. The molecule has 5 N–H and O–H groups in total. The van der Waals surface area contributed by atoms with Crippen LogP contribution in [0, 0.1) is 0 Å². The molecule has 0 bridgehead atoms. The van der Waals surface area contributed by atoms with Crippen LogP contribution in [-0.4, -0.2) is 149 Å². The SMILES string of the molecule is CC.CNc1ccc(CC2CN(CC(=O)O)CCN(CC(=O)O)CCN(CC(=O)O)CCN2CC(=O)O)cc1. The van der Waals surface area contributed by atoms with Crippen LogP contribution >= 0.6 is 0 Å². The van der Waals surface area contributed by atoms with E-state index in [4.69, 9.17) is 0 Å². The van der Waals surface area contributed by atoms with Crippen molar-refractivity contribution in [2.24, 2.45) is 0 Å². The molecule has 39 heavy (non-hydrogen) atoms.